The number of hydrogen-bond donors (Lipinski definition) is 0. The van der Waals surface area contributed by atoms with Gasteiger partial charge in [0.25, 0.3) is 0 Å². The molecule has 0 aliphatic carbocycles. The predicted octanol–water partition coefficient (Wildman–Crippen LogP) is 3.53. The third-order valence-corrected chi connectivity index (χ3v) is 4.75. The second-order valence-electron chi connectivity index (χ2n) is 3.47. The minimum atomic E-state index is -1.54. The second-order valence-corrected chi connectivity index (χ2v) is 6.64. The number of ketones is 1. The molecular weight excluding hydrogens is 295 g/mol. The molecule has 6 heteroatoms. The molecule has 2 rings (SSSR count). The molecule has 0 aliphatic heterocycles. The van der Waals surface area contributed by atoms with E-state index in [9.17, 15) is 13.4 Å². The van der Waals surface area contributed by atoms with Crippen LogP contribution < -0.4 is 0 Å². The summed E-state index contributed by atoms with van der Waals surface area (Å²) in [5.41, 5.74) is 0. The van der Waals surface area contributed by atoms with Crippen molar-refractivity contribution in [1.82, 2.24) is 0 Å². The molecule has 0 fully saturated rings. The summed E-state index contributed by atoms with van der Waals surface area (Å²) >= 11 is 6.86. The Kier molecular flexibility index (Phi) is 4.27. The van der Waals surface area contributed by atoms with E-state index in [1.165, 1.54) is 24.3 Å². The molecule has 1 atom stereocenters. The summed E-state index contributed by atoms with van der Waals surface area (Å²) in [4.78, 5) is 12.6. The van der Waals surface area contributed by atoms with Crippen LogP contribution in [0.1, 0.15) is 9.67 Å². The first-order valence-electron chi connectivity index (χ1n) is 4.99. The predicted molar refractivity (Wildman–Crippen MR) is 71.3 cm³/mol. The van der Waals surface area contributed by atoms with Crippen molar-refractivity contribution in [2.75, 3.05) is 5.75 Å². The van der Waals surface area contributed by atoms with E-state index in [4.69, 9.17) is 11.6 Å². The van der Waals surface area contributed by atoms with Crippen LogP contribution in [0.2, 0.25) is 4.34 Å². The van der Waals surface area contributed by atoms with Crippen LogP contribution in [-0.2, 0) is 10.8 Å². The monoisotopic (exact) mass is 302 g/mol. The summed E-state index contributed by atoms with van der Waals surface area (Å²) in [6.07, 6.45) is 0. The maximum Gasteiger partial charge on any atom is 0.185 e. The molecular formula is C12H8ClFO2S2. The third-order valence-electron chi connectivity index (χ3n) is 2.17. The van der Waals surface area contributed by atoms with Gasteiger partial charge >= 0.3 is 0 Å². The Hall–Kier alpha value is -1.04. The Morgan fingerprint density at radius 3 is 2.72 bits per heavy atom. The van der Waals surface area contributed by atoms with Crippen molar-refractivity contribution in [1.29, 1.82) is 0 Å². The van der Waals surface area contributed by atoms with E-state index in [2.05, 4.69) is 0 Å². The number of hydrogen-bond acceptors (Lipinski definition) is 3. The highest BCUT2D eigenvalue weighted by Crippen LogP contribution is 2.22. The Bertz CT molecular complexity index is 610. The molecule has 0 spiro atoms. The highest BCUT2D eigenvalue weighted by Gasteiger charge is 2.14. The Balaban J connectivity index is 2.10. The first-order chi connectivity index (χ1) is 8.56. The number of benzene rings is 1. The van der Waals surface area contributed by atoms with Gasteiger partial charge in [-0.25, -0.2) is 4.39 Å². The average molecular weight is 303 g/mol. The molecule has 1 unspecified atom stereocenters. The molecule has 1 heterocycles. The Morgan fingerprint density at radius 1 is 1.33 bits per heavy atom. The van der Waals surface area contributed by atoms with Gasteiger partial charge in [-0.3, -0.25) is 9.00 Å². The van der Waals surface area contributed by atoms with E-state index in [1.807, 2.05) is 0 Å². The van der Waals surface area contributed by atoms with Gasteiger partial charge in [0.1, 0.15) is 5.82 Å². The number of carbonyl (C=O) groups excluding carboxylic acids is 1. The van der Waals surface area contributed by atoms with Gasteiger partial charge in [0, 0.05) is 4.90 Å². The average Bonchev–Trinajstić information content (AvgIpc) is 2.76. The lowest BCUT2D eigenvalue weighted by molar-refractivity contribution is 0.102. The van der Waals surface area contributed by atoms with Gasteiger partial charge < -0.3 is 0 Å². The number of Topliss-reactive ketones (excluding diaryl/α,β-unsaturated/α-hetero) is 1. The van der Waals surface area contributed by atoms with Crippen LogP contribution in [0.5, 0.6) is 0 Å². The molecule has 0 aliphatic rings. The zero-order chi connectivity index (χ0) is 13.1. The standard InChI is InChI=1S/C12H8ClFO2S2/c13-12-5-4-11(17-12)10(15)7-18(16)9-3-1-2-8(14)6-9/h1-6H,7H2. The lowest BCUT2D eigenvalue weighted by Crippen LogP contribution is -2.09. The van der Waals surface area contributed by atoms with Gasteiger partial charge in [0.15, 0.2) is 5.78 Å². The van der Waals surface area contributed by atoms with Crippen LogP contribution in [0.15, 0.2) is 41.3 Å². The lowest BCUT2D eigenvalue weighted by Gasteiger charge is -2.00. The van der Waals surface area contributed by atoms with E-state index in [0.717, 1.165) is 11.3 Å². The highest BCUT2D eigenvalue weighted by atomic mass is 35.5. The van der Waals surface area contributed by atoms with Gasteiger partial charge in [-0.1, -0.05) is 17.7 Å². The number of carbonyl (C=O) groups is 1. The fourth-order valence-electron chi connectivity index (χ4n) is 1.35. The molecule has 0 amide bonds. The smallest absolute Gasteiger partial charge is 0.185 e. The maximum atomic E-state index is 13.0. The summed E-state index contributed by atoms with van der Waals surface area (Å²) in [7, 11) is -1.54. The molecule has 2 nitrogen and oxygen atoms in total. The minimum absolute atomic E-state index is 0.166. The third kappa shape index (κ3) is 3.25. The fraction of sp³-hybridized carbons (Fsp3) is 0.0833. The zero-order valence-electron chi connectivity index (χ0n) is 9.06. The quantitative estimate of drug-likeness (QED) is 0.810. The normalized spacial score (nSPS) is 12.3. The largest absolute Gasteiger partial charge is 0.292 e. The van der Waals surface area contributed by atoms with Gasteiger partial charge in [0.05, 0.1) is 25.8 Å². The molecule has 18 heavy (non-hydrogen) atoms. The molecule has 0 bridgehead atoms. The van der Waals surface area contributed by atoms with E-state index >= 15 is 0 Å². The van der Waals surface area contributed by atoms with Crippen molar-refractivity contribution in [3.63, 3.8) is 0 Å². The number of halogens is 2. The Morgan fingerprint density at radius 2 is 2.11 bits per heavy atom. The number of thiophene rings is 1. The van der Waals surface area contributed by atoms with Gasteiger partial charge in [-0.15, -0.1) is 11.3 Å². The van der Waals surface area contributed by atoms with E-state index in [-0.39, 0.29) is 11.5 Å². The van der Waals surface area contributed by atoms with Crippen molar-refractivity contribution in [2.24, 2.45) is 0 Å². The topological polar surface area (TPSA) is 34.1 Å². The molecule has 0 saturated heterocycles. The summed E-state index contributed by atoms with van der Waals surface area (Å²) in [6.45, 7) is 0. The SMILES string of the molecule is O=C(CS(=O)c1cccc(F)c1)c1ccc(Cl)s1. The van der Waals surface area contributed by atoms with Gasteiger partial charge in [-0.2, -0.15) is 0 Å². The van der Waals surface area contributed by atoms with Crippen LogP contribution in [0.25, 0.3) is 0 Å². The molecule has 2 aromatic rings. The van der Waals surface area contributed by atoms with E-state index < -0.39 is 16.6 Å². The summed E-state index contributed by atoms with van der Waals surface area (Å²) < 4.78 is 25.3. The second kappa shape index (κ2) is 5.73. The van der Waals surface area contributed by atoms with Crippen LogP contribution in [0.3, 0.4) is 0 Å². The molecule has 94 valence electrons. The van der Waals surface area contributed by atoms with Crippen molar-refractivity contribution in [3.05, 3.63) is 51.4 Å². The lowest BCUT2D eigenvalue weighted by atomic mass is 10.3. The maximum absolute atomic E-state index is 13.0. The van der Waals surface area contributed by atoms with E-state index in [1.54, 1.807) is 12.1 Å². The van der Waals surface area contributed by atoms with Crippen LogP contribution >= 0.6 is 22.9 Å². The Labute approximate surface area is 115 Å². The minimum Gasteiger partial charge on any atom is -0.292 e. The summed E-state index contributed by atoms with van der Waals surface area (Å²) in [6, 6.07) is 8.65. The van der Waals surface area contributed by atoms with Crippen LogP contribution in [0, 0.1) is 5.82 Å². The van der Waals surface area contributed by atoms with Crippen LogP contribution in [0.4, 0.5) is 4.39 Å². The first-order valence-corrected chi connectivity index (χ1v) is 7.50. The summed E-state index contributed by atoms with van der Waals surface area (Å²) in [5, 5.41) is 0. The van der Waals surface area contributed by atoms with Crippen molar-refractivity contribution >= 4 is 39.5 Å². The van der Waals surface area contributed by atoms with Gasteiger partial charge in [-0.05, 0) is 30.3 Å². The molecule has 0 N–H and O–H groups in total. The molecule has 1 aromatic heterocycles. The summed E-state index contributed by atoms with van der Waals surface area (Å²) in [5.74, 6) is -0.887. The van der Waals surface area contributed by atoms with Crippen LogP contribution in [-0.4, -0.2) is 15.7 Å². The van der Waals surface area contributed by atoms with Crippen molar-refractivity contribution in [3.8, 4) is 0 Å². The van der Waals surface area contributed by atoms with E-state index in [0.29, 0.717) is 14.1 Å². The molecule has 1 aromatic carbocycles. The van der Waals surface area contributed by atoms with Crippen molar-refractivity contribution < 1.29 is 13.4 Å². The zero-order valence-corrected chi connectivity index (χ0v) is 11.4. The number of rotatable bonds is 4. The fourth-order valence-corrected chi connectivity index (χ4v) is 3.45. The van der Waals surface area contributed by atoms with Gasteiger partial charge in [0.2, 0.25) is 0 Å². The van der Waals surface area contributed by atoms with Crippen molar-refractivity contribution in [2.45, 2.75) is 4.90 Å². The first kappa shape index (κ1) is 13.4. The highest BCUT2D eigenvalue weighted by molar-refractivity contribution is 7.85. The molecule has 0 saturated carbocycles. The molecule has 0 radical (unpaired) electrons.